The van der Waals surface area contributed by atoms with E-state index in [1.807, 2.05) is 5.32 Å². The quantitative estimate of drug-likeness (QED) is 0.690. The molecule has 7 heteroatoms. The summed E-state index contributed by atoms with van der Waals surface area (Å²) in [5, 5.41) is 20.1. The van der Waals surface area contributed by atoms with Gasteiger partial charge in [0.25, 0.3) is 5.91 Å². The van der Waals surface area contributed by atoms with E-state index in [2.05, 4.69) is 0 Å². The van der Waals surface area contributed by atoms with Crippen molar-refractivity contribution in [3.05, 3.63) is 40.7 Å². The second-order valence-electron chi connectivity index (χ2n) is 3.79. The number of aliphatic carboxylic acids is 1. The fourth-order valence-electron chi connectivity index (χ4n) is 1.78. The highest BCUT2D eigenvalue weighted by Gasteiger charge is 2.36. The van der Waals surface area contributed by atoms with Gasteiger partial charge in [-0.25, -0.2) is 4.39 Å². The van der Waals surface area contributed by atoms with Gasteiger partial charge in [0.05, 0.1) is 5.56 Å². The van der Waals surface area contributed by atoms with Crippen molar-refractivity contribution in [3.8, 4) is 0 Å². The van der Waals surface area contributed by atoms with Crippen LogP contribution >= 0.6 is 0 Å². The van der Waals surface area contributed by atoms with Crippen molar-refractivity contribution in [3.63, 3.8) is 0 Å². The van der Waals surface area contributed by atoms with Gasteiger partial charge in [0.2, 0.25) is 5.78 Å². The minimum absolute atomic E-state index is 0.127. The fourth-order valence-corrected chi connectivity index (χ4v) is 1.78. The van der Waals surface area contributed by atoms with Gasteiger partial charge in [-0.3, -0.25) is 14.4 Å². The summed E-state index contributed by atoms with van der Waals surface area (Å²) in [4.78, 5) is 33.8. The number of amides is 1. The van der Waals surface area contributed by atoms with Crippen LogP contribution in [0.25, 0.3) is 5.76 Å². The molecule has 2 rings (SSSR count). The van der Waals surface area contributed by atoms with E-state index >= 15 is 0 Å². The Morgan fingerprint density at radius 3 is 2.58 bits per heavy atom. The lowest BCUT2D eigenvalue weighted by atomic mass is 10.1. The number of ketones is 1. The maximum atomic E-state index is 13.5. The molecule has 19 heavy (non-hydrogen) atoms. The monoisotopic (exact) mass is 265 g/mol. The third-order valence-corrected chi connectivity index (χ3v) is 2.59. The predicted octanol–water partition coefficient (Wildman–Crippen LogP) is 0.492. The molecule has 0 aliphatic heterocycles. The smallest absolute Gasteiger partial charge is 0.322 e. The molecule has 1 aromatic carbocycles. The molecule has 6 nitrogen and oxygen atoms in total. The standard InChI is InChI=1S/C12H8FNO5/c13-6-3-1-2-5-8(6)11(18)9(10(5)17)12(19)14-4-7(15)16/h1-3,18H,4H2,(H,14,19)(H,15,16). The number of carboxylic acid groups (broad SMARTS) is 1. The van der Waals surface area contributed by atoms with Crippen LogP contribution in [-0.2, 0) is 9.59 Å². The molecule has 3 N–H and O–H groups in total. The van der Waals surface area contributed by atoms with Gasteiger partial charge in [-0.15, -0.1) is 0 Å². The lowest BCUT2D eigenvalue weighted by Crippen LogP contribution is -2.32. The van der Waals surface area contributed by atoms with Crippen molar-refractivity contribution in [1.82, 2.24) is 5.32 Å². The van der Waals surface area contributed by atoms with Crippen LogP contribution in [-0.4, -0.2) is 34.4 Å². The molecule has 0 heterocycles. The number of rotatable bonds is 3. The second kappa shape index (κ2) is 4.52. The van der Waals surface area contributed by atoms with Crippen LogP contribution in [0, 0.1) is 5.82 Å². The van der Waals surface area contributed by atoms with Gasteiger partial charge in [-0.2, -0.15) is 0 Å². The van der Waals surface area contributed by atoms with Crippen LogP contribution in [0.1, 0.15) is 15.9 Å². The Labute approximate surface area is 106 Å². The molecule has 1 amide bonds. The lowest BCUT2D eigenvalue weighted by molar-refractivity contribution is -0.137. The van der Waals surface area contributed by atoms with Crippen LogP contribution in [0.3, 0.4) is 0 Å². The fraction of sp³-hybridized carbons (Fsp3) is 0.0833. The van der Waals surface area contributed by atoms with Crippen LogP contribution in [0.2, 0.25) is 0 Å². The molecule has 0 saturated carbocycles. The number of carboxylic acids is 1. The SMILES string of the molecule is O=C(O)CNC(=O)C1=C(O)c2c(F)cccc2C1=O. The number of aliphatic hydroxyl groups excluding tert-OH is 1. The first-order chi connectivity index (χ1) is 8.93. The summed E-state index contributed by atoms with van der Waals surface area (Å²) in [5.41, 5.74) is -1.12. The molecule has 0 radical (unpaired) electrons. The van der Waals surface area contributed by atoms with Crippen LogP contribution < -0.4 is 5.32 Å². The molecule has 0 spiro atoms. The topological polar surface area (TPSA) is 104 Å². The van der Waals surface area contributed by atoms with E-state index in [1.54, 1.807) is 0 Å². The normalized spacial score (nSPS) is 13.4. The molecule has 0 unspecified atom stereocenters. The van der Waals surface area contributed by atoms with E-state index in [0.29, 0.717) is 0 Å². The van der Waals surface area contributed by atoms with E-state index in [1.165, 1.54) is 12.1 Å². The minimum atomic E-state index is -1.30. The van der Waals surface area contributed by atoms with E-state index < -0.39 is 41.4 Å². The maximum Gasteiger partial charge on any atom is 0.322 e. The number of carbonyl (C=O) groups is 3. The first-order valence-corrected chi connectivity index (χ1v) is 5.20. The number of fused-ring (bicyclic) bond motifs is 1. The summed E-state index contributed by atoms with van der Waals surface area (Å²) in [7, 11) is 0. The van der Waals surface area contributed by atoms with Crippen LogP contribution in [0.15, 0.2) is 23.8 Å². The summed E-state index contributed by atoms with van der Waals surface area (Å²) >= 11 is 0. The van der Waals surface area contributed by atoms with Gasteiger partial charge in [-0.1, -0.05) is 12.1 Å². The highest BCUT2D eigenvalue weighted by Crippen LogP contribution is 2.32. The number of halogens is 1. The molecule has 98 valence electrons. The summed E-state index contributed by atoms with van der Waals surface area (Å²) in [6.07, 6.45) is 0. The van der Waals surface area contributed by atoms with E-state index in [9.17, 15) is 23.9 Å². The van der Waals surface area contributed by atoms with Crippen molar-refractivity contribution < 1.29 is 29.0 Å². The number of aliphatic hydroxyl groups is 1. The summed E-state index contributed by atoms with van der Waals surface area (Å²) < 4.78 is 13.5. The van der Waals surface area contributed by atoms with Gasteiger partial charge in [0, 0.05) is 5.56 Å². The van der Waals surface area contributed by atoms with Crippen molar-refractivity contribution >= 4 is 23.4 Å². The van der Waals surface area contributed by atoms with Gasteiger partial charge in [0.15, 0.2) is 0 Å². The molecule has 0 bridgehead atoms. The number of hydrogen-bond donors (Lipinski definition) is 3. The maximum absolute atomic E-state index is 13.5. The Bertz CT molecular complexity index is 635. The molecule has 0 aromatic heterocycles. The molecule has 0 saturated heterocycles. The van der Waals surface area contributed by atoms with Gasteiger partial charge in [-0.05, 0) is 6.07 Å². The van der Waals surface area contributed by atoms with E-state index in [0.717, 1.165) is 6.07 Å². The molecule has 1 aliphatic rings. The number of Topliss-reactive ketones (excluding diaryl/α,β-unsaturated/α-hetero) is 1. The van der Waals surface area contributed by atoms with Crippen molar-refractivity contribution in [2.24, 2.45) is 0 Å². The minimum Gasteiger partial charge on any atom is -0.506 e. The first kappa shape index (κ1) is 12.7. The molecule has 0 fully saturated rings. The highest BCUT2D eigenvalue weighted by atomic mass is 19.1. The average Bonchev–Trinajstić information content (AvgIpc) is 2.60. The third kappa shape index (κ3) is 2.05. The van der Waals surface area contributed by atoms with Crippen molar-refractivity contribution in [2.75, 3.05) is 6.54 Å². The van der Waals surface area contributed by atoms with E-state index in [4.69, 9.17) is 5.11 Å². The zero-order valence-corrected chi connectivity index (χ0v) is 9.44. The number of carbonyl (C=O) groups excluding carboxylic acids is 2. The number of hydrogen-bond acceptors (Lipinski definition) is 4. The first-order valence-electron chi connectivity index (χ1n) is 5.20. The van der Waals surface area contributed by atoms with Gasteiger partial charge in [0.1, 0.15) is 23.7 Å². The summed E-state index contributed by atoms with van der Waals surface area (Å²) in [5.74, 6) is -4.80. The number of nitrogens with one attached hydrogen (secondary N) is 1. The Hall–Kier alpha value is -2.70. The second-order valence-corrected chi connectivity index (χ2v) is 3.79. The number of benzene rings is 1. The Kier molecular flexibility index (Phi) is 3.04. The Morgan fingerprint density at radius 2 is 2.00 bits per heavy atom. The van der Waals surface area contributed by atoms with Crippen molar-refractivity contribution in [1.29, 1.82) is 0 Å². The largest absolute Gasteiger partial charge is 0.506 e. The summed E-state index contributed by atoms with van der Waals surface area (Å²) in [6, 6.07) is 3.59. The summed E-state index contributed by atoms with van der Waals surface area (Å²) in [6.45, 7) is -0.707. The zero-order chi connectivity index (χ0) is 14.2. The third-order valence-electron chi connectivity index (χ3n) is 2.59. The molecular formula is C12H8FNO5. The molecular weight excluding hydrogens is 257 g/mol. The Balaban J connectivity index is 2.39. The predicted molar refractivity (Wildman–Crippen MR) is 60.9 cm³/mol. The zero-order valence-electron chi connectivity index (χ0n) is 9.44. The van der Waals surface area contributed by atoms with Crippen LogP contribution in [0.4, 0.5) is 4.39 Å². The van der Waals surface area contributed by atoms with Gasteiger partial charge < -0.3 is 15.5 Å². The molecule has 0 atom stereocenters. The molecule has 1 aliphatic carbocycles. The van der Waals surface area contributed by atoms with E-state index in [-0.39, 0.29) is 11.1 Å². The average molecular weight is 265 g/mol. The highest BCUT2D eigenvalue weighted by molar-refractivity contribution is 6.33. The van der Waals surface area contributed by atoms with Crippen LogP contribution in [0.5, 0.6) is 0 Å². The van der Waals surface area contributed by atoms with Gasteiger partial charge >= 0.3 is 5.97 Å². The van der Waals surface area contributed by atoms with Crippen molar-refractivity contribution in [2.45, 2.75) is 0 Å². The lowest BCUT2D eigenvalue weighted by Gasteiger charge is -2.02. The Morgan fingerprint density at radius 1 is 1.32 bits per heavy atom. The molecule has 1 aromatic rings.